The molecule has 0 amide bonds. The molecule has 1 aromatic carbocycles. The van der Waals surface area contributed by atoms with Gasteiger partial charge in [0.2, 0.25) is 0 Å². The van der Waals surface area contributed by atoms with Gasteiger partial charge >= 0.3 is 0 Å². The van der Waals surface area contributed by atoms with Gasteiger partial charge in [0, 0.05) is 24.4 Å². The van der Waals surface area contributed by atoms with Crippen LogP contribution in [0.4, 0.5) is 0 Å². The molecule has 0 aliphatic rings. The smallest absolute Gasteiger partial charge is 0.191 e. The van der Waals surface area contributed by atoms with Crippen molar-refractivity contribution in [3.8, 4) is 11.5 Å². The van der Waals surface area contributed by atoms with E-state index in [9.17, 15) is 0 Å². The Morgan fingerprint density at radius 2 is 1.89 bits per heavy atom. The lowest BCUT2D eigenvalue weighted by Gasteiger charge is -2.14. The number of aliphatic imine (C=N–C) groups is 1. The topological polar surface area (TPSA) is 67.8 Å². The zero-order chi connectivity index (χ0) is 19.9. The lowest BCUT2D eigenvalue weighted by Crippen LogP contribution is -2.37. The zero-order valence-electron chi connectivity index (χ0n) is 17.0. The van der Waals surface area contributed by atoms with Crippen molar-refractivity contribution >= 4 is 17.3 Å². The van der Waals surface area contributed by atoms with E-state index in [0.717, 1.165) is 41.1 Å². The van der Waals surface area contributed by atoms with Gasteiger partial charge in [-0.25, -0.2) is 4.98 Å². The molecule has 2 aromatic rings. The molecule has 148 valence electrons. The standard InChI is InChI=1S/C20H30N4O2S/c1-20(2,3)17-13-27-18(24-17)12-23-19(21-4)22-10-9-14-7-8-15(25-5)16(11-14)26-6/h7-8,11,13H,9-10,12H2,1-6H3,(H2,21,22,23). The van der Waals surface area contributed by atoms with Crippen molar-refractivity contribution < 1.29 is 9.47 Å². The van der Waals surface area contributed by atoms with Crippen LogP contribution in [0, 0.1) is 0 Å². The first kappa shape index (κ1) is 21.0. The fourth-order valence-electron chi connectivity index (χ4n) is 2.48. The summed E-state index contributed by atoms with van der Waals surface area (Å²) in [7, 11) is 5.06. The third kappa shape index (κ3) is 6.13. The van der Waals surface area contributed by atoms with Gasteiger partial charge in [-0.2, -0.15) is 0 Å². The first-order valence-corrected chi connectivity index (χ1v) is 9.85. The fraction of sp³-hybridized carbons (Fsp3) is 0.500. The van der Waals surface area contributed by atoms with Crippen molar-refractivity contribution in [2.75, 3.05) is 27.8 Å². The van der Waals surface area contributed by atoms with Crippen LogP contribution in [0.5, 0.6) is 11.5 Å². The molecule has 2 N–H and O–H groups in total. The summed E-state index contributed by atoms with van der Waals surface area (Å²) in [5, 5.41) is 9.84. The summed E-state index contributed by atoms with van der Waals surface area (Å²) in [6.45, 7) is 7.95. The SMILES string of the molecule is CN=C(NCCc1ccc(OC)c(OC)c1)NCc1nc(C(C)(C)C)cs1. The van der Waals surface area contributed by atoms with Gasteiger partial charge in [0.1, 0.15) is 5.01 Å². The number of aromatic nitrogens is 1. The number of hydrogen-bond donors (Lipinski definition) is 2. The molecule has 0 saturated carbocycles. The van der Waals surface area contributed by atoms with Crippen LogP contribution >= 0.6 is 11.3 Å². The summed E-state index contributed by atoms with van der Waals surface area (Å²) in [6, 6.07) is 5.97. The van der Waals surface area contributed by atoms with Gasteiger partial charge in [0.15, 0.2) is 17.5 Å². The van der Waals surface area contributed by atoms with Crippen LogP contribution in [0.2, 0.25) is 0 Å². The minimum atomic E-state index is 0.0775. The second-order valence-electron chi connectivity index (χ2n) is 7.17. The predicted molar refractivity (Wildman–Crippen MR) is 112 cm³/mol. The van der Waals surface area contributed by atoms with Gasteiger partial charge in [0.25, 0.3) is 0 Å². The first-order valence-electron chi connectivity index (χ1n) is 8.97. The van der Waals surface area contributed by atoms with E-state index in [2.05, 4.69) is 41.8 Å². The van der Waals surface area contributed by atoms with Gasteiger partial charge in [-0.3, -0.25) is 4.99 Å². The molecule has 0 aliphatic carbocycles. The minimum Gasteiger partial charge on any atom is -0.493 e. The second-order valence-corrected chi connectivity index (χ2v) is 8.11. The lowest BCUT2D eigenvalue weighted by molar-refractivity contribution is 0.354. The highest BCUT2D eigenvalue weighted by atomic mass is 32.1. The molecule has 0 atom stereocenters. The van der Waals surface area contributed by atoms with E-state index >= 15 is 0 Å². The number of methoxy groups -OCH3 is 2. The molecule has 7 heteroatoms. The Hall–Kier alpha value is -2.28. The Morgan fingerprint density at radius 1 is 1.15 bits per heavy atom. The Balaban J connectivity index is 1.83. The maximum atomic E-state index is 5.35. The third-order valence-electron chi connectivity index (χ3n) is 4.10. The van der Waals surface area contributed by atoms with E-state index in [4.69, 9.17) is 14.5 Å². The number of nitrogens with one attached hydrogen (secondary N) is 2. The number of benzene rings is 1. The molecule has 27 heavy (non-hydrogen) atoms. The summed E-state index contributed by atoms with van der Waals surface area (Å²) in [6.07, 6.45) is 0.854. The van der Waals surface area contributed by atoms with Crippen LogP contribution in [-0.2, 0) is 18.4 Å². The van der Waals surface area contributed by atoms with E-state index in [1.54, 1.807) is 32.6 Å². The van der Waals surface area contributed by atoms with Crippen LogP contribution in [0.25, 0.3) is 0 Å². The summed E-state index contributed by atoms with van der Waals surface area (Å²) in [5.41, 5.74) is 2.37. The van der Waals surface area contributed by atoms with E-state index < -0.39 is 0 Å². The lowest BCUT2D eigenvalue weighted by atomic mass is 9.93. The van der Waals surface area contributed by atoms with Crippen LogP contribution in [0.3, 0.4) is 0 Å². The number of ether oxygens (including phenoxy) is 2. The maximum Gasteiger partial charge on any atom is 0.191 e. The predicted octanol–water partition coefficient (Wildman–Crippen LogP) is 3.37. The van der Waals surface area contributed by atoms with Crippen LogP contribution in [0.15, 0.2) is 28.6 Å². The largest absolute Gasteiger partial charge is 0.493 e. The molecule has 0 saturated heterocycles. The van der Waals surface area contributed by atoms with Crippen LogP contribution in [-0.4, -0.2) is 38.8 Å². The highest BCUT2D eigenvalue weighted by Gasteiger charge is 2.17. The molecule has 0 bridgehead atoms. The van der Waals surface area contributed by atoms with Crippen molar-refractivity contribution in [1.29, 1.82) is 0 Å². The third-order valence-corrected chi connectivity index (χ3v) is 4.95. The summed E-state index contributed by atoms with van der Waals surface area (Å²) in [4.78, 5) is 8.98. The monoisotopic (exact) mass is 390 g/mol. The number of hydrogen-bond acceptors (Lipinski definition) is 5. The van der Waals surface area contributed by atoms with Crippen molar-refractivity contribution in [1.82, 2.24) is 15.6 Å². The Bertz CT molecular complexity index is 766. The molecule has 1 heterocycles. The highest BCUT2D eigenvalue weighted by molar-refractivity contribution is 7.09. The Kier molecular flexibility index (Phi) is 7.47. The van der Waals surface area contributed by atoms with Crippen molar-refractivity contribution in [3.63, 3.8) is 0 Å². The molecular formula is C20H30N4O2S. The number of rotatable bonds is 7. The quantitative estimate of drug-likeness (QED) is 0.560. The molecule has 1 aromatic heterocycles. The van der Waals surface area contributed by atoms with Crippen LogP contribution < -0.4 is 20.1 Å². The normalized spacial score (nSPS) is 12.0. The maximum absolute atomic E-state index is 5.35. The van der Waals surface area contributed by atoms with E-state index in [1.165, 1.54) is 5.56 Å². The van der Waals surface area contributed by atoms with Gasteiger partial charge < -0.3 is 20.1 Å². The average Bonchev–Trinajstić information content (AvgIpc) is 3.13. The molecule has 6 nitrogen and oxygen atoms in total. The van der Waals surface area contributed by atoms with E-state index in [0.29, 0.717) is 6.54 Å². The molecule has 0 radical (unpaired) electrons. The average molecular weight is 391 g/mol. The highest BCUT2D eigenvalue weighted by Crippen LogP contribution is 2.27. The van der Waals surface area contributed by atoms with Gasteiger partial charge in [-0.15, -0.1) is 11.3 Å². The number of nitrogens with zero attached hydrogens (tertiary/aromatic N) is 2. The molecule has 0 fully saturated rings. The van der Waals surface area contributed by atoms with Crippen LogP contribution in [0.1, 0.15) is 37.0 Å². The summed E-state index contributed by atoms with van der Waals surface area (Å²) >= 11 is 1.68. The van der Waals surface area contributed by atoms with Gasteiger partial charge in [-0.1, -0.05) is 26.8 Å². The first-order chi connectivity index (χ1) is 12.9. The minimum absolute atomic E-state index is 0.0775. The van der Waals surface area contributed by atoms with Crippen molar-refractivity contribution in [2.45, 2.75) is 39.2 Å². The molecular weight excluding hydrogens is 360 g/mol. The van der Waals surface area contributed by atoms with E-state index in [-0.39, 0.29) is 5.41 Å². The summed E-state index contributed by atoms with van der Waals surface area (Å²) in [5.74, 6) is 2.25. The molecule has 0 aliphatic heterocycles. The number of guanidine groups is 1. The van der Waals surface area contributed by atoms with Gasteiger partial charge in [-0.05, 0) is 24.1 Å². The summed E-state index contributed by atoms with van der Waals surface area (Å²) < 4.78 is 10.6. The molecule has 2 rings (SSSR count). The Labute approximate surface area is 166 Å². The zero-order valence-corrected chi connectivity index (χ0v) is 17.9. The fourth-order valence-corrected chi connectivity index (χ4v) is 3.44. The molecule has 0 spiro atoms. The number of thiazole rings is 1. The van der Waals surface area contributed by atoms with Gasteiger partial charge in [0.05, 0.1) is 26.5 Å². The van der Waals surface area contributed by atoms with E-state index in [1.807, 2.05) is 18.2 Å². The van der Waals surface area contributed by atoms with Crippen molar-refractivity contribution in [3.05, 3.63) is 39.8 Å². The molecule has 0 unspecified atom stereocenters. The Morgan fingerprint density at radius 3 is 2.48 bits per heavy atom. The van der Waals surface area contributed by atoms with Crippen molar-refractivity contribution in [2.24, 2.45) is 4.99 Å². The second kappa shape index (κ2) is 9.60.